The summed E-state index contributed by atoms with van der Waals surface area (Å²) in [5.41, 5.74) is 22.2. The molecular formula is C50H45N5O. The fourth-order valence-electron chi connectivity index (χ4n) is 7.72. The molecule has 0 fully saturated rings. The van der Waals surface area contributed by atoms with E-state index in [1.165, 1.54) is 16.7 Å². The van der Waals surface area contributed by atoms with Crippen molar-refractivity contribution in [3.8, 4) is 5.75 Å². The van der Waals surface area contributed by atoms with Gasteiger partial charge in [0.15, 0.2) is 0 Å². The minimum Gasteiger partial charge on any atom is -0.494 e. The summed E-state index contributed by atoms with van der Waals surface area (Å²) in [7, 11) is 0. The Balaban J connectivity index is 1.37. The topological polar surface area (TPSA) is 98.4 Å². The van der Waals surface area contributed by atoms with E-state index in [2.05, 4.69) is 174 Å². The summed E-state index contributed by atoms with van der Waals surface area (Å²) in [5, 5.41) is 4.07. The predicted molar refractivity (Wildman–Crippen MR) is 227 cm³/mol. The molecule has 6 N–H and O–H groups in total. The van der Waals surface area contributed by atoms with Gasteiger partial charge in [-0.05, 0) is 117 Å². The number of H-pyrrole nitrogens is 4. The highest BCUT2D eigenvalue weighted by atomic mass is 16.5. The molecule has 0 spiro atoms. The van der Waals surface area contributed by atoms with Crippen molar-refractivity contribution >= 4 is 22.3 Å². The first kappa shape index (κ1) is 35.0. The summed E-state index contributed by atoms with van der Waals surface area (Å²) in [4.78, 5) is 15.5. The average Bonchev–Trinajstić information content (AvgIpc) is 4.06. The van der Waals surface area contributed by atoms with Crippen LogP contribution < -0.4 is 31.9 Å². The van der Waals surface area contributed by atoms with Crippen molar-refractivity contribution in [2.75, 3.05) is 13.2 Å². The lowest BCUT2D eigenvalue weighted by molar-refractivity contribution is 0.313. The third kappa shape index (κ3) is 6.76. The van der Waals surface area contributed by atoms with Gasteiger partial charge >= 0.3 is 0 Å². The fraction of sp³-hybridized carbons (Fsp3) is 0.120. The van der Waals surface area contributed by atoms with E-state index >= 15 is 0 Å². The molecule has 8 aromatic rings. The highest BCUT2D eigenvalue weighted by Crippen LogP contribution is 2.29. The van der Waals surface area contributed by atoms with Gasteiger partial charge in [-0.2, -0.15) is 0 Å². The van der Waals surface area contributed by atoms with Crippen molar-refractivity contribution in [1.82, 2.24) is 19.9 Å². The Hall–Kier alpha value is -6.76. The number of benzene rings is 4. The van der Waals surface area contributed by atoms with Gasteiger partial charge in [0, 0.05) is 66.5 Å². The predicted octanol–water partition coefficient (Wildman–Crippen LogP) is 6.95. The minimum absolute atomic E-state index is 0.590. The molecule has 9 rings (SSSR count). The average molecular weight is 732 g/mol. The molecule has 8 bridgehead atoms. The monoisotopic (exact) mass is 731 g/mol. The van der Waals surface area contributed by atoms with Crippen LogP contribution in [0.25, 0.3) is 22.3 Å². The summed E-state index contributed by atoms with van der Waals surface area (Å²) in [5.74, 6) is 0.826. The van der Waals surface area contributed by atoms with Crippen LogP contribution in [0, 0.1) is 20.8 Å². The fourth-order valence-corrected chi connectivity index (χ4v) is 7.72. The Morgan fingerprint density at radius 2 is 0.679 bits per heavy atom. The van der Waals surface area contributed by atoms with Gasteiger partial charge in [-0.3, -0.25) is 0 Å². The van der Waals surface area contributed by atoms with Crippen molar-refractivity contribution in [3.63, 3.8) is 0 Å². The molecule has 276 valence electrons. The van der Waals surface area contributed by atoms with Crippen LogP contribution in [0.15, 0.2) is 146 Å². The molecule has 6 heteroatoms. The summed E-state index contributed by atoms with van der Waals surface area (Å²) in [6.07, 6.45) is 0.811. The van der Waals surface area contributed by atoms with Gasteiger partial charge in [0.05, 0.1) is 6.61 Å². The van der Waals surface area contributed by atoms with Crippen LogP contribution >= 0.6 is 0 Å². The maximum Gasteiger partial charge on any atom is 0.119 e. The molecule has 5 heterocycles. The van der Waals surface area contributed by atoms with Crippen molar-refractivity contribution in [2.24, 2.45) is 5.73 Å². The van der Waals surface area contributed by atoms with E-state index in [0.717, 1.165) is 101 Å². The Morgan fingerprint density at radius 1 is 0.375 bits per heavy atom. The smallest absolute Gasteiger partial charge is 0.119 e. The Labute approximate surface area is 326 Å². The van der Waals surface area contributed by atoms with Gasteiger partial charge in [0.2, 0.25) is 0 Å². The summed E-state index contributed by atoms with van der Waals surface area (Å²) < 4.78 is 6.00. The Morgan fingerprint density at radius 3 is 0.982 bits per heavy atom. The largest absolute Gasteiger partial charge is 0.494 e. The quantitative estimate of drug-likeness (QED) is 0.109. The number of hydrogen-bond donors (Lipinski definition) is 5. The number of aromatic nitrogens is 4. The molecule has 1 aliphatic rings. The molecule has 6 nitrogen and oxygen atoms in total. The van der Waals surface area contributed by atoms with Crippen LogP contribution in [0.3, 0.4) is 0 Å². The van der Waals surface area contributed by atoms with Gasteiger partial charge in [0.1, 0.15) is 5.75 Å². The minimum atomic E-state index is 0.590. The standard InChI is InChI=1S/C50H45N5O/c1-31-5-11-34(12-6-31)47-39-21-23-41(52-39)48(35-13-7-32(2)8-14-35)43-25-27-45(54-43)50(37-17-19-38(20-18-37)56-30-4-29-51)46-28-26-44(55-46)49(42-24-22-40(47)53-42)36-15-9-33(3)10-16-36/h5-28,52-55H,4,29-30,51H2,1-3H3. The van der Waals surface area contributed by atoms with Crippen LogP contribution in [0.4, 0.5) is 0 Å². The molecule has 0 unspecified atom stereocenters. The van der Waals surface area contributed by atoms with Crippen LogP contribution in [-0.2, 0) is 0 Å². The van der Waals surface area contributed by atoms with Crippen LogP contribution in [0.1, 0.15) is 68.1 Å². The molecule has 56 heavy (non-hydrogen) atoms. The zero-order valence-corrected chi connectivity index (χ0v) is 32.0. The lowest BCUT2D eigenvalue weighted by atomic mass is 10.0. The number of rotatable bonds is 8. The summed E-state index contributed by atoms with van der Waals surface area (Å²) >= 11 is 0. The van der Waals surface area contributed by atoms with E-state index in [1.807, 2.05) is 12.1 Å². The number of aryl methyl sites for hydroxylation is 3. The normalized spacial score (nSPS) is 12.7. The molecule has 0 amide bonds. The van der Waals surface area contributed by atoms with Gasteiger partial charge in [-0.25, -0.2) is 0 Å². The summed E-state index contributed by atoms with van der Waals surface area (Å²) in [6, 6.07) is 52.3. The van der Waals surface area contributed by atoms with Gasteiger partial charge in [-0.1, -0.05) is 102 Å². The number of fused-ring (bicyclic) bond motifs is 8. The van der Waals surface area contributed by atoms with E-state index in [1.54, 1.807) is 0 Å². The first-order valence-corrected chi connectivity index (χ1v) is 19.3. The van der Waals surface area contributed by atoms with Crippen molar-refractivity contribution in [3.05, 3.63) is 229 Å². The molecule has 4 aromatic heterocycles. The zero-order chi connectivity index (χ0) is 38.2. The molecule has 0 atom stereocenters. The van der Waals surface area contributed by atoms with Gasteiger partial charge in [-0.15, -0.1) is 0 Å². The van der Waals surface area contributed by atoms with E-state index in [0.29, 0.717) is 13.2 Å². The number of aromatic amines is 4. The SMILES string of the molecule is Cc1ccc(C2=c3ccc([nH]3)=C(c3ccc(C)cc3)c3ccc([nH]3)C(c3ccc(OCCCN)cc3)=c3ccc([nH]3)=C(c3ccc(C)cc3)c3ccc2[nH]3)cc1. The summed E-state index contributed by atoms with van der Waals surface area (Å²) in [6.45, 7) is 7.58. The molecule has 4 aromatic carbocycles. The van der Waals surface area contributed by atoms with Gasteiger partial charge in [0.25, 0.3) is 0 Å². The lowest BCUT2D eigenvalue weighted by Gasteiger charge is -2.11. The number of nitrogens with one attached hydrogen (secondary N) is 4. The van der Waals surface area contributed by atoms with E-state index in [4.69, 9.17) is 10.5 Å². The van der Waals surface area contributed by atoms with Crippen molar-refractivity contribution in [1.29, 1.82) is 0 Å². The van der Waals surface area contributed by atoms with Gasteiger partial charge < -0.3 is 30.4 Å². The molecule has 1 aliphatic heterocycles. The number of ether oxygens (including phenoxy) is 1. The van der Waals surface area contributed by atoms with Crippen LogP contribution in [0.2, 0.25) is 0 Å². The Kier molecular flexibility index (Phi) is 9.25. The highest BCUT2D eigenvalue weighted by molar-refractivity contribution is 5.85. The second-order valence-corrected chi connectivity index (χ2v) is 14.8. The molecule has 0 saturated heterocycles. The highest BCUT2D eigenvalue weighted by Gasteiger charge is 2.18. The van der Waals surface area contributed by atoms with Crippen LogP contribution in [0.5, 0.6) is 5.75 Å². The van der Waals surface area contributed by atoms with Crippen LogP contribution in [-0.4, -0.2) is 33.1 Å². The lowest BCUT2D eigenvalue weighted by Crippen LogP contribution is -2.19. The van der Waals surface area contributed by atoms with E-state index in [-0.39, 0.29) is 0 Å². The number of nitrogens with two attached hydrogens (primary N) is 1. The number of hydrogen-bond acceptors (Lipinski definition) is 2. The zero-order valence-electron chi connectivity index (χ0n) is 32.0. The first-order valence-electron chi connectivity index (χ1n) is 19.3. The molecule has 0 radical (unpaired) electrons. The maximum absolute atomic E-state index is 6.00. The Bertz CT molecular complexity index is 2920. The molecule has 0 saturated carbocycles. The first-order chi connectivity index (χ1) is 27.4. The maximum atomic E-state index is 6.00. The van der Waals surface area contributed by atoms with E-state index < -0.39 is 0 Å². The third-order valence-electron chi connectivity index (χ3n) is 10.7. The third-order valence-corrected chi connectivity index (χ3v) is 10.7. The van der Waals surface area contributed by atoms with E-state index in [9.17, 15) is 0 Å². The molecular weight excluding hydrogens is 687 g/mol. The van der Waals surface area contributed by atoms with Crippen molar-refractivity contribution < 1.29 is 4.74 Å². The molecule has 0 aliphatic carbocycles. The second-order valence-electron chi connectivity index (χ2n) is 14.8. The second kappa shape index (κ2) is 14.8. The van der Waals surface area contributed by atoms with Crippen molar-refractivity contribution in [2.45, 2.75) is 27.2 Å².